The first-order chi connectivity index (χ1) is 6.06. The predicted molar refractivity (Wildman–Crippen MR) is 58.0 cm³/mol. The Balaban J connectivity index is 3.87. The minimum atomic E-state index is 0.312. The Morgan fingerprint density at radius 3 is 2.38 bits per heavy atom. The van der Waals surface area contributed by atoms with Crippen LogP contribution in [0.3, 0.4) is 0 Å². The average Bonchev–Trinajstić information content (AvgIpc) is 1.99. The van der Waals surface area contributed by atoms with Crippen molar-refractivity contribution >= 4 is 0 Å². The van der Waals surface area contributed by atoms with Crippen LogP contribution in [0.4, 0.5) is 0 Å². The third-order valence-corrected chi connectivity index (χ3v) is 1.61. The quantitative estimate of drug-likeness (QED) is 0.641. The second kappa shape index (κ2) is 7.10. The Morgan fingerprint density at radius 2 is 2.00 bits per heavy atom. The van der Waals surface area contributed by atoms with E-state index in [0.717, 1.165) is 13.2 Å². The molecular weight excluding hydrogens is 162 g/mol. The van der Waals surface area contributed by atoms with Crippen LogP contribution in [0, 0.1) is 0 Å². The van der Waals surface area contributed by atoms with Gasteiger partial charge in [0.05, 0.1) is 12.7 Å². The fourth-order valence-corrected chi connectivity index (χ4v) is 1.13. The molecule has 0 rings (SSSR count). The summed E-state index contributed by atoms with van der Waals surface area (Å²) in [6.45, 7) is 12.2. The van der Waals surface area contributed by atoms with E-state index in [1.807, 2.05) is 0 Å². The van der Waals surface area contributed by atoms with Crippen molar-refractivity contribution in [1.82, 2.24) is 5.32 Å². The van der Waals surface area contributed by atoms with Crippen LogP contribution in [0.5, 0.6) is 0 Å². The number of likely N-dealkylation sites (N-methyl/N-ethyl adjacent to an activating group) is 1. The number of allylic oxidation sites excluding steroid dienone is 1. The molecule has 0 saturated heterocycles. The van der Waals surface area contributed by atoms with E-state index in [1.165, 1.54) is 5.57 Å². The fraction of sp³-hybridized carbons (Fsp3) is 0.818. The zero-order valence-corrected chi connectivity index (χ0v) is 9.55. The van der Waals surface area contributed by atoms with Gasteiger partial charge in [-0.05, 0) is 34.2 Å². The molecule has 78 valence electrons. The van der Waals surface area contributed by atoms with Crippen molar-refractivity contribution in [2.75, 3.05) is 13.2 Å². The van der Waals surface area contributed by atoms with Crippen LogP contribution in [-0.2, 0) is 4.74 Å². The summed E-state index contributed by atoms with van der Waals surface area (Å²) in [5.41, 5.74) is 1.33. The van der Waals surface area contributed by atoms with E-state index in [1.54, 1.807) is 0 Å². The van der Waals surface area contributed by atoms with Gasteiger partial charge in [0.2, 0.25) is 0 Å². The Bertz CT molecular complexity index is 148. The average molecular weight is 185 g/mol. The summed E-state index contributed by atoms with van der Waals surface area (Å²) >= 11 is 0. The number of hydrogen-bond acceptors (Lipinski definition) is 2. The Morgan fingerprint density at radius 1 is 1.38 bits per heavy atom. The predicted octanol–water partition coefficient (Wildman–Crippen LogP) is 2.36. The summed E-state index contributed by atoms with van der Waals surface area (Å²) in [5.74, 6) is 0. The van der Waals surface area contributed by atoms with E-state index in [4.69, 9.17) is 4.74 Å². The molecule has 0 aliphatic carbocycles. The maximum atomic E-state index is 5.55. The smallest absolute Gasteiger partial charge is 0.0659 e. The van der Waals surface area contributed by atoms with Crippen molar-refractivity contribution in [3.05, 3.63) is 11.6 Å². The monoisotopic (exact) mass is 185 g/mol. The molecule has 2 nitrogen and oxygen atoms in total. The normalized spacial score (nSPS) is 13.1. The highest BCUT2D eigenvalue weighted by Gasteiger charge is 2.04. The number of hydrogen-bond donors (Lipinski definition) is 1. The summed E-state index contributed by atoms with van der Waals surface area (Å²) in [5, 5.41) is 3.37. The fourth-order valence-electron chi connectivity index (χ4n) is 1.13. The molecule has 0 aromatic rings. The zero-order chi connectivity index (χ0) is 10.3. The topological polar surface area (TPSA) is 21.3 Å². The van der Waals surface area contributed by atoms with Crippen molar-refractivity contribution in [3.63, 3.8) is 0 Å². The minimum absolute atomic E-state index is 0.312. The Hall–Kier alpha value is -0.340. The molecule has 2 heteroatoms. The molecule has 1 atom stereocenters. The molecular formula is C11H23NO. The third-order valence-electron chi connectivity index (χ3n) is 1.61. The maximum absolute atomic E-state index is 5.55. The van der Waals surface area contributed by atoms with E-state index in [9.17, 15) is 0 Å². The van der Waals surface area contributed by atoms with E-state index in [0.29, 0.717) is 12.1 Å². The van der Waals surface area contributed by atoms with E-state index in [-0.39, 0.29) is 0 Å². The lowest BCUT2D eigenvalue weighted by Crippen LogP contribution is -2.32. The molecule has 13 heavy (non-hydrogen) atoms. The molecule has 1 N–H and O–H groups in total. The van der Waals surface area contributed by atoms with E-state index >= 15 is 0 Å². The highest BCUT2D eigenvalue weighted by atomic mass is 16.5. The van der Waals surface area contributed by atoms with Crippen molar-refractivity contribution < 1.29 is 4.74 Å². The molecule has 0 aliphatic rings. The highest BCUT2D eigenvalue weighted by Crippen LogP contribution is 1.98. The molecule has 1 unspecified atom stereocenters. The summed E-state index contributed by atoms with van der Waals surface area (Å²) in [6, 6.07) is 0.359. The molecule has 0 amide bonds. The number of nitrogens with one attached hydrogen (secondary N) is 1. The number of rotatable bonds is 6. The standard InChI is InChI=1S/C11H23NO/c1-6-12-11(7-9(2)3)8-13-10(4)5/h7,10-12H,6,8H2,1-5H3. The molecule has 0 heterocycles. The lowest BCUT2D eigenvalue weighted by Gasteiger charge is -2.16. The first-order valence-corrected chi connectivity index (χ1v) is 5.06. The largest absolute Gasteiger partial charge is 0.377 e. The second-order valence-electron chi connectivity index (χ2n) is 3.79. The van der Waals surface area contributed by atoms with Crippen LogP contribution in [0.2, 0.25) is 0 Å². The van der Waals surface area contributed by atoms with Gasteiger partial charge in [0.25, 0.3) is 0 Å². The van der Waals surface area contributed by atoms with Gasteiger partial charge in [-0.1, -0.05) is 18.6 Å². The van der Waals surface area contributed by atoms with Crippen LogP contribution >= 0.6 is 0 Å². The molecule has 0 aromatic carbocycles. The number of ether oxygens (including phenoxy) is 1. The van der Waals surface area contributed by atoms with Crippen molar-refractivity contribution in [1.29, 1.82) is 0 Å². The Kier molecular flexibility index (Phi) is 6.92. The van der Waals surface area contributed by atoms with Gasteiger partial charge in [-0.2, -0.15) is 0 Å². The SMILES string of the molecule is CCNC(C=C(C)C)COC(C)C. The van der Waals surface area contributed by atoms with Gasteiger partial charge >= 0.3 is 0 Å². The second-order valence-corrected chi connectivity index (χ2v) is 3.79. The van der Waals surface area contributed by atoms with Crippen LogP contribution < -0.4 is 5.32 Å². The summed E-state index contributed by atoms with van der Waals surface area (Å²) in [7, 11) is 0. The highest BCUT2D eigenvalue weighted by molar-refractivity contribution is 5.00. The van der Waals surface area contributed by atoms with Gasteiger partial charge in [0.15, 0.2) is 0 Å². The molecule has 0 radical (unpaired) electrons. The van der Waals surface area contributed by atoms with Gasteiger partial charge in [-0.3, -0.25) is 0 Å². The maximum Gasteiger partial charge on any atom is 0.0659 e. The van der Waals surface area contributed by atoms with Crippen molar-refractivity contribution in [2.45, 2.75) is 46.8 Å². The van der Waals surface area contributed by atoms with Crippen LogP contribution in [0.25, 0.3) is 0 Å². The molecule has 0 aliphatic heterocycles. The lowest BCUT2D eigenvalue weighted by molar-refractivity contribution is 0.0696. The first kappa shape index (κ1) is 12.7. The third kappa shape index (κ3) is 8.00. The molecule has 0 saturated carbocycles. The van der Waals surface area contributed by atoms with Crippen LogP contribution in [-0.4, -0.2) is 25.3 Å². The summed E-state index contributed by atoms with van der Waals surface area (Å²) < 4.78 is 5.55. The molecule has 0 spiro atoms. The Labute approximate surface area is 82.4 Å². The van der Waals surface area contributed by atoms with Gasteiger partial charge in [-0.15, -0.1) is 0 Å². The minimum Gasteiger partial charge on any atom is -0.377 e. The van der Waals surface area contributed by atoms with E-state index in [2.05, 4.69) is 46.0 Å². The van der Waals surface area contributed by atoms with E-state index < -0.39 is 0 Å². The van der Waals surface area contributed by atoms with Crippen molar-refractivity contribution in [3.8, 4) is 0 Å². The van der Waals surface area contributed by atoms with Gasteiger partial charge in [0, 0.05) is 6.04 Å². The van der Waals surface area contributed by atoms with Gasteiger partial charge < -0.3 is 10.1 Å². The summed E-state index contributed by atoms with van der Waals surface area (Å²) in [4.78, 5) is 0. The van der Waals surface area contributed by atoms with Crippen molar-refractivity contribution in [2.24, 2.45) is 0 Å². The molecule has 0 bridgehead atoms. The van der Waals surface area contributed by atoms with Crippen LogP contribution in [0.1, 0.15) is 34.6 Å². The first-order valence-electron chi connectivity index (χ1n) is 5.06. The zero-order valence-electron chi connectivity index (χ0n) is 9.55. The van der Waals surface area contributed by atoms with Gasteiger partial charge in [-0.25, -0.2) is 0 Å². The van der Waals surface area contributed by atoms with Crippen LogP contribution in [0.15, 0.2) is 11.6 Å². The van der Waals surface area contributed by atoms with Gasteiger partial charge in [0.1, 0.15) is 0 Å². The summed E-state index contributed by atoms with van der Waals surface area (Å²) in [6.07, 6.45) is 2.53. The molecule has 0 aromatic heterocycles. The molecule has 0 fully saturated rings. The lowest BCUT2D eigenvalue weighted by atomic mass is 10.2.